The van der Waals surface area contributed by atoms with Crippen LogP contribution in [-0.4, -0.2) is 33.9 Å². The summed E-state index contributed by atoms with van der Waals surface area (Å²) >= 11 is 2.02. The molecule has 1 aliphatic heterocycles. The summed E-state index contributed by atoms with van der Waals surface area (Å²) < 4.78 is 4.82. The van der Waals surface area contributed by atoms with Crippen LogP contribution >= 0.6 is 11.8 Å². The molecule has 0 amide bonds. The summed E-state index contributed by atoms with van der Waals surface area (Å²) in [6.45, 7) is 6.54. The van der Waals surface area contributed by atoms with Crippen LogP contribution in [0.15, 0.2) is 16.8 Å². The smallest absolute Gasteiger partial charge is 0.160 e. The maximum Gasteiger partial charge on any atom is 0.160 e. The van der Waals surface area contributed by atoms with E-state index in [1.807, 2.05) is 23.9 Å². The number of anilines is 2. The molecule has 1 saturated heterocycles. The number of hydrogen-bond donors (Lipinski definition) is 1. The maximum absolute atomic E-state index is 5.87. The number of hydrogen-bond acceptors (Lipinski definition) is 6. The summed E-state index contributed by atoms with van der Waals surface area (Å²) in [5.41, 5.74) is 8.97. The summed E-state index contributed by atoms with van der Waals surface area (Å²) in [5, 5.41) is 9.08. The van der Waals surface area contributed by atoms with Crippen molar-refractivity contribution < 1.29 is 4.63 Å². The SMILES string of the molecule is CC1CN(c2ccc(N)c3nonc23)CC(C)S1. The number of nitrogens with two attached hydrogens (primary N) is 1. The standard InChI is InChI=1S/C12H16N4OS/c1-7-5-16(6-8(2)18-7)10-4-3-9(13)11-12(10)15-17-14-11/h3-4,7-8H,5-6,13H2,1-2H3. The molecule has 1 fully saturated rings. The molecule has 2 aromatic rings. The second kappa shape index (κ2) is 4.35. The lowest BCUT2D eigenvalue weighted by Gasteiger charge is -2.36. The molecular weight excluding hydrogens is 248 g/mol. The van der Waals surface area contributed by atoms with E-state index < -0.39 is 0 Å². The Hall–Kier alpha value is -1.43. The summed E-state index contributed by atoms with van der Waals surface area (Å²) in [7, 11) is 0. The van der Waals surface area contributed by atoms with Gasteiger partial charge in [-0.2, -0.15) is 11.8 Å². The second-order valence-corrected chi connectivity index (χ2v) is 6.68. The van der Waals surface area contributed by atoms with Crippen molar-refractivity contribution in [2.24, 2.45) is 0 Å². The number of thioether (sulfide) groups is 1. The molecule has 1 aromatic carbocycles. The zero-order chi connectivity index (χ0) is 12.7. The predicted octanol–water partition coefficient (Wildman–Crippen LogP) is 2.14. The predicted molar refractivity (Wildman–Crippen MR) is 74.9 cm³/mol. The molecule has 18 heavy (non-hydrogen) atoms. The summed E-state index contributed by atoms with van der Waals surface area (Å²) in [5.74, 6) is 0. The fourth-order valence-corrected chi connectivity index (χ4v) is 3.83. The molecule has 0 aliphatic carbocycles. The van der Waals surface area contributed by atoms with Crippen LogP contribution in [0.3, 0.4) is 0 Å². The van der Waals surface area contributed by atoms with Gasteiger partial charge in [0.05, 0.1) is 11.4 Å². The zero-order valence-corrected chi connectivity index (χ0v) is 11.3. The topological polar surface area (TPSA) is 68.2 Å². The molecule has 0 bridgehead atoms. The van der Waals surface area contributed by atoms with Gasteiger partial charge >= 0.3 is 0 Å². The van der Waals surface area contributed by atoms with Gasteiger partial charge in [0, 0.05) is 23.6 Å². The van der Waals surface area contributed by atoms with Gasteiger partial charge in [0.15, 0.2) is 11.0 Å². The molecule has 0 spiro atoms. The third kappa shape index (κ3) is 1.90. The average Bonchev–Trinajstić information content (AvgIpc) is 2.77. The number of nitrogens with zero attached hydrogens (tertiary/aromatic N) is 3. The molecule has 0 saturated carbocycles. The van der Waals surface area contributed by atoms with Gasteiger partial charge in [0.25, 0.3) is 0 Å². The highest BCUT2D eigenvalue weighted by Crippen LogP contribution is 2.33. The molecule has 1 aliphatic rings. The van der Waals surface area contributed by atoms with Crippen LogP contribution in [-0.2, 0) is 0 Å². The number of benzene rings is 1. The van der Waals surface area contributed by atoms with Gasteiger partial charge in [0.2, 0.25) is 0 Å². The largest absolute Gasteiger partial charge is 0.397 e. The van der Waals surface area contributed by atoms with Crippen LogP contribution in [0, 0.1) is 0 Å². The summed E-state index contributed by atoms with van der Waals surface area (Å²) in [6, 6.07) is 3.89. The van der Waals surface area contributed by atoms with E-state index in [1.54, 1.807) is 0 Å². The highest BCUT2D eigenvalue weighted by atomic mass is 32.2. The van der Waals surface area contributed by atoms with E-state index in [0.717, 1.165) is 24.3 Å². The first-order valence-electron chi connectivity index (χ1n) is 6.06. The van der Waals surface area contributed by atoms with E-state index in [4.69, 9.17) is 10.4 Å². The Bertz CT molecular complexity index is 560. The molecule has 3 rings (SSSR count). The first-order valence-corrected chi connectivity index (χ1v) is 7.00. The van der Waals surface area contributed by atoms with Gasteiger partial charge in [0.1, 0.15) is 0 Å². The van der Waals surface area contributed by atoms with Crippen LogP contribution in [0.5, 0.6) is 0 Å². The Balaban J connectivity index is 2.03. The molecule has 96 valence electrons. The third-order valence-electron chi connectivity index (χ3n) is 3.19. The Morgan fingerprint density at radius 3 is 2.61 bits per heavy atom. The Labute approximate surface area is 110 Å². The Morgan fingerprint density at radius 2 is 1.89 bits per heavy atom. The Morgan fingerprint density at radius 1 is 1.22 bits per heavy atom. The average molecular weight is 264 g/mol. The number of fused-ring (bicyclic) bond motifs is 1. The molecule has 2 unspecified atom stereocenters. The highest BCUT2D eigenvalue weighted by Gasteiger charge is 2.25. The van der Waals surface area contributed by atoms with Crippen LogP contribution in [0.2, 0.25) is 0 Å². The van der Waals surface area contributed by atoms with E-state index >= 15 is 0 Å². The first-order chi connectivity index (χ1) is 8.65. The van der Waals surface area contributed by atoms with Crippen molar-refractivity contribution in [2.75, 3.05) is 23.7 Å². The molecule has 2 atom stereocenters. The van der Waals surface area contributed by atoms with Crippen LogP contribution < -0.4 is 10.6 Å². The van der Waals surface area contributed by atoms with Crippen molar-refractivity contribution in [2.45, 2.75) is 24.3 Å². The van der Waals surface area contributed by atoms with Crippen molar-refractivity contribution in [3.8, 4) is 0 Å². The van der Waals surface area contributed by atoms with Gasteiger partial charge in [-0.15, -0.1) is 0 Å². The van der Waals surface area contributed by atoms with Crippen molar-refractivity contribution >= 4 is 34.2 Å². The van der Waals surface area contributed by atoms with Gasteiger partial charge in [-0.05, 0) is 22.4 Å². The molecule has 2 heterocycles. The second-order valence-electron chi connectivity index (χ2n) is 4.80. The molecular formula is C12H16N4OS. The van der Waals surface area contributed by atoms with Gasteiger partial charge < -0.3 is 10.6 Å². The summed E-state index contributed by atoms with van der Waals surface area (Å²) in [4.78, 5) is 2.35. The van der Waals surface area contributed by atoms with Crippen LogP contribution in [0.25, 0.3) is 11.0 Å². The van der Waals surface area contributed by atoms with E-state index in [-0.39, 0.29) is 0 Å². The number of nitrogen functional groups attached to an aromatic ring is 1. The molecule has 5 nitrogen and oxygen atoms in total. The minimum Gasteiger partial charge on any atom is -0.397 e. The van der Waals surface area contributed by atoms with E-state index in [9.17, 15) is 0 Å². The lowest BCUT2D eigenvalue weighted by molar-refractivity contribution is 0.315. The molecule has 2 N–H and O–H groups in total. The highest BCUT2D eigenvalue weighted by molar-refractivity contribution is 8.00. The lowest BCUT2D eigenvalue weighted by Crippen LogP contribution is -2.40. The molecule has 6 heteroatoms. The van der Waals surface area contributed by atoms with Crippen LogP contribution in [0.1, 0.15) is 13.8 Å². The summed E-state index contributed by atoms with van der Waals surface area (Å²) in [6.07, 6.45) is 0. The van der Waals surface area contributed by atoms with Crippen molar-refractivity contribution in [1.29, 1.82) is 0 Å². The monoisotopic (exact) mass is 264 g/mol. The van der Waals surface area contributed by atoms with Crippen molar-refractivity contribution in [3.63, 3.8) is 0 Å². The zero-order valence-electron chi connectivity index (χ0n) is 10.5. The quantitative estimate of drug-likeness (QED) is 0.796. The molecule has 0 radical (unpaired) electrons. The van der Waals surface area contributed by atoms with Gasteiger partial charge in [-0.25, -0.2) is 4.63 Å². The van der Waals surface area contributed by atoms with Crippen LogP contribution in [0.4, 0.5) is 11.4 Å². The third-order valence-corrected chi connectivity index (χ3v) is 4.41. The normalized spacial score (nSPS) is 24.7. The molecule has 1 aromatic heterocycles. The van der Waals surface area contributed by atoms with E-state index in [0.29, 0.717) is 21.7 Å². The van der Waals surface area contributed by atoms with Crippen molar-refractivity contribution in [3.05, 3.63) is 12.1 Å². The number of aromatic nitrogens is 2. The van der Waals surface area contributed by atoms with Gasteiger partial charge in [-0.3, -0.25) is 0 Å². The van der Waals surface area contributed by atoms with Gasteiger partial charge in [-0.1, -0.05) is 13.8 Å². The minimum absolute atomic E-state index is 0.612. The maximum atomic E-state index is 5.87. The fourth-order valence-electron chi connectivity index (χ4n) is 2.50. The van der Waals surface area contributed by atoms with E-state index in [1.165, 1.54) is 0 Å². The number of rotatable bonds is 1. The fraction of sp³-hybridized carbons (Fsp3) is 0.500. The van der Waals surface area contributed by atoms with E-state index in [2.05, 4.69) is 29.1 Å². The van der Waals surface area contributed by atoms with Crippen molar-refractivity contribution in [1.82, 2.24) is 10.3 Å². The first kappa shape index (κ1) is 11.6. The minimum atomic E-state index is 0.612. The lowest BCUT2D eigenvalue weighted by atomic mass is 10.2. The Kier molecular flexibility index (Phi) is 2.81.